The van der Waals surface area contributed by atoms with Crippen LogP contribution in [0.1, 0.15) is 0 Å². The van der Waals surface area contributed by atoms with Crippen LogP contribution in [0.15, 0.2) is 73.1 Å². The summed E-state index contributed by atoms with van der Waals surface area (Å²) in [6.07, 6.45) is 3.15. The first-order valence-electron chi connectivity index (χ1n) is 8.87. The van der Waals surface area contributed by atoms with Crippen molar-refractivity contribution < 1.29 is 19.1 Å². The normalized spacial score (nSPS) is 10.1. The second kappa shape index (κ2) is 9.84. The lowest BCUT2D eigenvalue weighted by Crippen LogP contribution is -2.30. The van der Waals surface area contributed by atoms with E-state index in [1.165, 1.54) is 4.90 Å². The fourth-order valence-electron chi connectivity index (χ4n) is 2.37. The van der Waals surface area contributed by atoms with Gasteiger partial charge in [0.1, 0.15) is 18.0 Å². The van der Waals surface area contributed by atoms with Gasteiger partial charge in [-0.15, -0.1) is 0 Å². The molecule has 29 heavy (non-hydrogen) atoms. The average molecular weight is 392 g/mol. The second-order valence-electron chi connectivity index (χ2n) is 6.05. The first kappa shape index (κ1) is 19.8. The fourth-order valence-corrected chi connectivity index (χ4v) is 2.37. The highest BCUT2D eigenvalue weighted by atomic mass is 16.5. The SMILES string of the molecule is CN(CC(=O)OCC(=O)Nc1ccc(Oc2ccccc2)cc1)c1ncccn1. The summed E-state index contributed by atoms with van der Waals surface area (Å²) in [7, 11) is 1.66. The molecule has 3 rings (SSSR count). The summed E-state index contributed by atoms with van der Waals surface area (Å²) in [5.41, 5.74) is 0.571. The molecule has 0 spiro atoms. The van der Waals surface area contributed by atoms with Crippen molar-refractivity contribution in [2.75, 3.05) is 30.4 Å². The molecule has 0 aliphatic rings. The van der Waals surface area contributed by atoms with Gasteiger partial charge in [0.05, 0.1) is 0 Å². The third kappa shape index (κ3) is 6.31. The smallest absolute Gasteiger partial charge is 0.326 e. The van der Waals surface area contributed by atoms with Gasteiger partial charge in [-0.05, 0) is 42.5 Å². The summed E-state index contributed by atoms with van der Waals surface area (Å²) in [6, 6.07) is 18.0. The van der Waals surface area contributed by atoms with Gasteiger partial charge in [0.25, 0.3) is 5.91 Å². The van der Waals surface area contributed by atoms with Crippen molar-refractivity contribution in [2.45, 2.75) is 0 Å². The maximum atomic E-state index is 12.0. The van der Waals surface area contributed by atoms with E-state index in [-0.39, 0.29) is 13.2 Å². The summed E-state index contributed by atoms with van der Waals surface area (Å²) in [5.74, 6) is 0.774. The maximum Gasteiger partial charge on any atom is 0.326 e. The molecule has 1 amide bonds. The first-order chi connectivity index (χ1) is 14.1. The van der Waals surface area contributed by atoms with Gasteiger partial charge in [0.15, 0.2) is 6.61 Å². The Morgan fingerprint density at radius 1 is 0.931 bits per heavy atom. The zero-order valence-electron chi connectivity index (χ0n) is 15.8. The number of hydrogen-bond donors (Lipinski definition) is 1. The topological polar surface area (TPSA) is 93.7 Å². The Bertz CT molecular complexity index is 934. The molecule has 0 atom stereocenters. The number of carbonyl (C=O) groups is 2. The Morgan fingerprint density at radius 3 is 2.28 bits per heavy atom. The molecule has 0 aliphatic heterocycles. The van der Waals surface area contributed by atoms with Gasteiger partial charge in [0, 0.05) is 25.1 Å². The van der Waals surface area contributed by atoms with E-state index in [2.05, 4.69) is 15.3 Å². The number of likely N-dealkylation sites (N-methyl/N-ethyl adjacent to an activating group) is 1. The molecular weight excluding hydrogens is 372 g/mol. The molecule has 0 saturated carbocycles. The molecule has 0 aliphatic carbocycles. The fraction of sp³-hybridized carbons (Fsp3) is 0.143. The van der Waals surface area contributed by atoms with E-state index >= 15 is 0 Å². The number of ether oxygens (including phenoxy) is 2. The van der Waals surface area contributed by atoms with Crippen molar-refractivity contribution in [1.82, 2.24) is 9.97 Å². The monoisotopic (exact) mass is 392 g/mol. The molecule has 8 heteroatoms. The van der Waals surface area contributed by atoms with E-state index < -0.39 is 11.9 Å². The molecule has 0 unspecified atom stereocenters. The highest BCUT2D eigenvalue weighted by Crippen LogP contribution is 2.22. The molecule has 1 N–H and O–H groups in total. The second-order valence-corrected chi connectivity index (χ2v) is 6.05. The standard InChI is InChI=1S/C21H20N4O4/c1-25(21-22-12-5-13-23-21)14-20(27)28-15-19(26)24-16-8-10-18(11-9-16)29-17-6-3-2-4-7-17/h2-13H,14-15H2,1H3,(H,24,26). The van der Waals surface area contributed by atoms with E-state index in [0.717, 1.165) is 5.75 Å². The predicted octanol–water partition coefficient (Wildman–Crippen LogP) is 2.89. The van der Waals surface area contributed by atoms with Crippen molar-refractivity contribution in [1.29, 1.82) is 0 Å². The number of amides is 1. The van der Waals surface area contributed by atoms with Crippen LogP contribution in [0.5, 0.6) is 11.5 Å². The Hall–Kier alpha value is -3.94. The van der Waals surface area contributed by atoms with Crippen LogP contribution >= 0.6 is 0 Å². The highest BCUT2D eigenvalue weighted by Gasteiger charge is 2.12. The lowest BCUT2D eigenvalue weighted by Gasteiger charge is -2.15. The number of benzene rings is 2. The van der Waals surface area contributed by atoms with Crippen LogP contribution < -0.4 is 15.0 Å². The third-order valence-corrected chi connectivity index (χ3v) is 3.74. The summed E-state index contributed by atoms with van der Waals surface area (Å²) >= 11 is 0. The van der Waals surface area contributed by atoms with Crippen molar-refractivity contribution in [3.05, 3.63) is 73.1 Å². The van der Waals surface area contributed by atoms with E-state index in [9.17, 15) is 9.59 Å². The number of nitrogens with one attached hydrogen (secondary N) is 1. The number of hydrogen-bond acceptors (Lipinski definition) is 7. The first-order valence-corrected chi connectivity index (χ1v) is 8.87. The number of esters is 1. The van der Waals surface area contributed by atoms with Crippen molar-refractivity contribution >= 4 is 23.5 Å². The number of aromatic nitrogens is 2. The number of carbonyl (C=O) groups excluding carboxylic acids is 2. The third-order valence-electron chi connectivity index (χ3n) is 3.74. The molecule has 3 aromatic rings. The van der Waals surface area contributed by atoms with Crippen LogP contribution in [0.25, 0.3) is 0 Å². The molecule has 0 saturated heterocycles. The average Bonchev–Trinajstić information content (AvgIpc) is 2.75. The summed E-state index contributed by atoms with van der Waals surface area (Å²) in [4.78, 5) is 33.5. The minimum atomic E-state index is -0.554. The molecule has 8 nitrogen and oxygen atoms in total. The molecule has 1 aromatic heterocycles. The van der Waals surface area contributed by atoms with Crippen molar-refractivity contribution in [3.63, 3.8) is 0 Å². The minimum absolute atomic E-state index is 0.0667. The van der Waals surface area contributed by atoms with E-state index in [1.807, 2.05) is 30.3 Å². The van der Waals surface area contributed by atoms with Gasteiger partial charge in [-0.2, -0.15) is 0 Å². The van der Waals surface area contributed by atoms with Crippen LogP contribution in [0.4, 0.5) is 11.6 Å². The summed E-state index contributed by atoms with van der Waals surface area (Å²) in [5, 5.41) is 2.66. The minimum Gasteiger partial charge on any atom is -0.457 e. The van der Waals surface area contributed by atoms with Gasteiger partial charge >= 0.3 is 5.97 Å². The quantitative estimate of drug-likeness (QED) is 0.589. The van der Waals surface area contributed by atoms with Gasteiger partial charge in [0.2, 0.25) is 5.95 Å². The van der Waals surface area contributed by atoms with Crippen LogP contribution in [0.2, 0.25) is 0 Å². The number of anilines is 2. The molecule has 2 aromatic carbocycles. The number of rotatable bonds is 8. The molecule has 1 heterocycles. The Balaban J connectivity index is 1.42. The van der Waals surface area contributed by atoms with Crippen molar-refractivity contribution in [2.24, 2.45) is 0 Å². The zero-order chi connectivity index (χ0) is 20.5. The van der Waals surface area contributed by atoms with Gasteiger partial charge < -0.3 is 19.7 Å². The van der Waals surface area contributed by atoms with Crippen molar-refractivity contribution in [3.8, 4) is 11.5 Å². The Labute approximate surface area is 168 Å². The Kier molecular flexibility index (Phi) is 6.72. The molecule has 0 fully saturated rings. The lowest BCUT2D eigenvalue weighted by molar-refractivity contribution is -0.145. The maximum absolute atomic E-state index is 12.0. The lowest BCUT2D eigenvalue weighted by atomic mass is 10.3. The molecule has 0 radical (unpaired) electrons. The number of nitrogens with zero attached hydrogens (tertiary/aromatic N) is 3. The Morgan fingerprint density at radius 2 is 1.59 bits per heavy atom. The van der Waals surface area contributed by atoms with Gasteiger partial charge in [-0.25, -0.2) is 9.97 Å². The van der Waals surface area contributed by atoms with Crippen LogP contribution in [0, 0.1) is 0 Å². The number of para-hydroxylation sites is 1. The zero-order valence-corrected chi connectivity index (χ0v) is 15.8. The van der Waals surface area contributed by atoms with Gasteiger partial charge in [-0.1, -0.05) is 18.2 Å². The van der Waals surface area contributed by atoms with E-state index in [1.54, 1.807) is 49.8 Å². The van der Waals surface area contributed by atoms with E-state index in [0.29, 0.717) is 17.4 Å². The van der Waals surface area contributed by atoms with Crippen LogP contribution in [-0.4, -0.2) is 42.0 Å². The molecule has 148 valence electrons. The molecular formula is C21H20N4O4. The van der Waals surface area contributed by atoms with Gasteiger partial charge in [-0.3, -0.25) is 9.59 Å². The highest BCUT2D eigenvalue weighted by molar-refractivity contribution is 5.93. The summed E-state index contributed by atoms with van der Waals surface area (Å²) in [6.45, 7) is -0.451. The van der Waals surface area contributed by atoms with Crippen LogP contribution in [-0.2, 0) is 14.3 Å². The largest absolute Gasteiger partial charge is 0.457 e. The molecule has 0 bridgehead atoms. The van der Waals surface area contributed by atoms with E-state index in [4.69, 9.17) is 9.47 Å². The summed E-state index contributed by atoms with van der Waals surface area (Å²) < 4.78 is 10.7. The predicted molar refractivity (Wildman–Crippen MR) is 108 cm³/mol. The van der Waals surface area contributed by atoms with Crippen LogP contribution in [0.3, 0.4) is 0 Å².